The summed E-state index contributed by atoms with van der Waals surface area (Å²) in [6.07, 6.45) is -0.408. The molecule has 0 saturated carbocycles. The normalized spacial score (nSPS) is 11.2. The van der Waals surface area contributed by atoms with E-state index in [0.29, 0.717) is 0 Å². The van der Waals surface area contributed by atoms with Gasteiger partial charge in [-0.3, -0.25) is 9.59 Å². The predicted molar refractivity (Wildman–Crippen MR) is 76.8 cm³/mol. The molecule has 0 unspecified atom stereocenters. The Labute approximate surface area is 118 Å². The summed E-state index contributed by atoms with van der Waals surface area (Å²) in [5, 5.41) is 9.90. The highest BCUT2D eigenvalue weighted by molar-refractivity contribution is 6.08. The minimum Gasteiger partial charge on any atom is -0.505 e. The lowest BCUT2D eigenvalue weighted by Crippen LogP contribution is -2.15. The van der Waals surface area contributed by atoms with Crippen LogP contribution in [0.25, 0.3) is 0 Å². The number of carbonyl (C=O) groups excluding carboxylic acids is 2. The highest BCUT2D eigenvalue weighted by atomic mass is 16.5. The summed E-state index contributed by atoms with van der Waals surface area (Å²) in [5.41, 5.74) is 6.51. The van der Waals surface area contributed by atoms with Gasteiger partial charge in [0.25, 0.3) is 0 Å². The largest absolute Gasteiger partial charge is 0.505 e. The summed E-state index contributed by atoms with van der Waals surface area (Å²) < 4.78 is 4.73. The van der Waals surface area contributed by atoms with Crippen LogP contribution in [0.3, 0.4) is 0 Å². The number of phenolic OH excluding ortho intramolecular Hbond substituents is 1. The number of ether oxygens (including phenoxy) is 1. The topological polar surface area (TPSA) is 89.6 Å². The van der Waals surface area contributed by atoms with Gasteiger partial charge < -0.3 is 15.6 Å². The molecule has 0 amide bonds. The number of rotatable bonds is 4. The first kappa shape index (κ1) is 16.0. The monoisotopic (exact) mass is 279 g/mol. The van der Waals surface area contributed by atoms with Crippen LogP contribution in [0.2, 0.25) is 0 Å². The highest BCUT2D eigenvalue weighted by Crippen LogP contribution is 2.33. The van der Waals surface area contributed by atoms with E-state index in [-0.39, 0.29) is 29.0 Å². The molecule has 0 aromatic heterocycles. The Morgan fingerprint density at radius 3 is 2.40 bits per heavy atom. The van der Waals surface area contributed by atoms with E-state index >= 15 is 0 Å². The molecule has 0 heterocycles. The summed E-state index contributed by atoms with van der Waals surface area (Å²) >= 11 is 0. The molecule has 0 spiro atoms. The van der Waals surface area contributed by atoms with Gasteiger partial charge in [0.05, 0.1) is 17.9 Å². The van der Waals surface area contributed by atoms with Crippen LogP contribution in [-0.4, -0.2) is 23.5 Å². The van der Waals surface area contributed by atoms with Crippen molar-refractivity contribution >= 4 is 17.4 Å². The molecule has 0 atom stereocenters. The number of phenols is 1. The van der Waals surface area contributed by atoms with Crippen molar-refractivity contribution in [3.63, 3.8) is 0 Å². The lowest BCUT2D eigenvalue weighted by Gasteiger charge is -2.21. The zero-order valence-electron chi connectivity index (χ0n) is 12.3. The van der Waals surface area contributed by atoms with Crippen molar-refractivity contribution in [1.82, 2.24) is 0 Å². The second-order valence-electron chi connectivity index (χ2n) is 5.62. The lowest BCUT2D eigenvalue weighted by molar-refractivity contribution is -0.141. The van der Waals surface area contributed by atoms with Crippen LogP contribution >= 0.6 is 0 Å². The Morgan fingerprint density at radius 2 is 1.90 bits per heavy atom. The Bertz CT molecular complexity index is 529. The number of benzene rings is 1. The fourth-order valence-electron chi connectivity index (χ4n) is 1.74. The molecule has 20 heavy (non-hydrogen) atoms. The van der Waals surface area contributed by atoms with Gasteiger partial charge in [-0.25, -0.2) is 0 Å². The van der Waals surface area contributed by atoms with Crippen molar-refractivity contribution in [2.45, 2.75) is 39.5 Å². The fraction of sp³-hybridized carbons (Fsp3) is 0.467. The number of hydrogen-bond acceptors (Lipinski definition) is 5. The van der Waals surface area contributed by atoms with Crippen LogP contribution in [0.15, 0.2) is 12.1 Å². The Balaban J connectivity index is 3.14. The van der Waals surface area contributed by atoms with Gasteiger partial charge in [-0.05, 0) is 30.0 Å². The van der Waals surface area contributed by atoms with E-state index in [1.54, 1.807) is 19.1 Å². The van der Waals surface area contributed by atoms with Gasteiger partial charge in [0.1, 0.15) is 12.2 Å². The van der Waals surface area contributed by atoms with E-state index in [0.717, 1.165) is 5.56 Å². The van der Waals surface area contributed by atoms with Crippen molar-refractivity contribution in [2.75, 3.05) is 12.3 Å². The number of hydrogen-bond donors (Lipinski definition) is 2. The zero-order chi connectivity index (χ0) is 15.5. The predicted octanol–water partition coefficient (Wildman–Crippen LogP) is 2.41. The van der Waals surface area contributed by atoms with Gasteiger partial charge in [0, 0.05) is 0 Å². The molecule has 0 fully saturated rings. The number of esters is 1. The summed E-state index contributed by atoms with van der Waals surface area (Å²) in [6, 6.07) is 3.21. The Morgan fingerprint density at radius 1 is 1.30 bits per heavy atom. The molecular formula is C15H21NO4. The molecule has 0 saturated heterocycles. The van der Waals surface area contributed by atoms with Crippen LogP contribution in [0.4, 0.5) is 5.69 Å². The van der Waals surface area contributed by atoms with Gasteiger partial charge in [-0.2, -0.15) is 0 Å². The first-order valence-corrected chi connectivity index (χ1v) is 6.48. The van der Waals surface area contributed by atoms with Crippen LogP contribution < -0.4 is 5.73 Å². The molecule has 5 heteroatoms. The number of nitrogens with two attached hydrogens (primary N) is 1. The first-order chi connectivity index (χ1) is 9.16. The maximum Gasteiger partial charge on any atom is 0.313 e. The summed E-state index contributed by atoms with van der Waals surface area (Å²) in [6.45, 7) is 7.79. The van der Waals surface area contributed by atoms with Crippen molar-refractivity contribution in [1.29, 1.82) is 0 Å². The molecule has 1 rings (SSSR count). The molecule has 0 aliphatic heterocycles. The van der Waals surface area contributed by atoms with E-state index in [1.807, 2.05) is 20.8 Å². The Hall–Kier alpha value is -2.04. The van der Waals surface area contributed by atoms with E-state index in [2.05, 4.69) is 0 Å². The van der Waals surface area contributed by atoms with Crippen LogP contribution in [0, 0.1) is 0 Å². The van der Waals surface area contributed by atoms with E-state index in [1.165, 1.54) is 0 Å². The first-order valence-electron chi connectivity index (χ1n) is 6.48. The third kappa shape index (κ3) is 3.73. The lowest BCUT2D eigenvalue weighted by atomic mass is 9.85. The quantitative estimate of drug-likeness (QED) is 0.290. The number of Topliss-reactive ketones (excluding diaryl/α,β-unsaturated/α-hetero) is 1. The maximum atomic E-state index is 12.1. The summed E-state index contributed by atoms with van der Waals surface area (Å²) in [7, 11) is 0. The van der Waals surface area contributed by atoms with Crippen molar-refractivity contribution < 1.29 is 19.4 Å². The smallest absolute Gasteiger partial charge is 0.313 e. The summed E-state index contributed by atoms with van der Waals surface area (Å²) in [5.74, 6) is -1.40. The molecule has 1 aromatic carbocycles. The number of anilines is 1. The highest BCUT2D eigenvalue weighted by Gasteiger charge is 2.22. The molecule has 0 bridgehead atoms. The number of carbonyl (C=O) groups is 2. The van der Waals surface area contributed by atoms with Crippen LogP contribution in [-0.2, 0) is 14.9 Å². The van der Waals surface area contributed by atoms with Crippen molar-refractivity contribution in [3.8, 4) is 5.75 Å². The molecule has 110 valence electrons. The number of ketones is 1. The molecule has 0 radical (unpaired) electrons. The fourth-order valence-corrected chi connectivity index (χ4v) is 1.74. The van der Waals surface area contributed by atoms with Gasteiger partial charge >= 0.3 is 5.97 Å². The maximum absolute atomic E-state index is 12.1. The zero-order valence-corrected chi connectivity index (χ0v) is 12.3. The third-order valence-corrected chi connectivity index (χ3v) is 2.92. The molecule has 0 aliphatic rings. The van der Waals surface area contributed by atoms with Gasteiger partial charge in [0.15, 0.2) is 5.78 Å². The van der Waals surface area contributed by atoms with Crippen LogP contribution in [0.5, 0.6) is 5.75 Å². The number of nitrogen functional groups attached to an aromatic ring is 1. The average Bonchev–Trinajstić information content (AvgIpc) is 2.31. The van der Waals surface area contributed by atoms with E-state index in [4.69, 9.17) is 10.5 Å². The summed E-state index contributed by atoms with van der Waals surface area (Å²) in [4.78, 5) is 23.4. The van der Waals surface area contributed by atoms with Gasteiger partial charge in [-0.15, -0.1) is 0 Å². The Kier molecular flexibility index (Phi) is 4.76. The number of aromatic hydroxyl groups is 1. The standard InChI is InChI=1S/C15H21NO4/c1-5-20-13(18)8-12(17)10-6-9(15(2,3)4)7-11(16)14(10)19/h6-7,19H,5,8,16H2,1-4H3. The average molecular weight is 279 g/mol. The van der Waals surface area contributed by atoms with Gasteiger partial charge in [-0.1, -0.05) is 20.8 Å². The SMILES string of the molecule is CCOC(=O)CC(=O)c1cc(C(C)(C)C)cc(N)c1O. The molecule has 0 aliphatic carbocycles. The molecule has 5 nitrogen and oxygen atoms in total. The van der Waals surface area contributed by atoms with Crippen LogP contribution in [0.1, 0.15) is 50.0 Å². The second kappa shape index (κ2) is 5.94. The molecular weight excluding hydrogens is 258 g/mol. The van der Waals surface area contributed by atoms with E-state index in [9.17, 15) is 14.7 Å². The third-order valence-electron chi connectivity index (χ3n) is 2.92. The van der Waals surface area contributed by atoms with Crippen molar-refractivity contribution in [3.05, 3.63) is 23.3 Å². The molecule has 1 aromatic rings. The van der Waals surface area contributed by atoms with Gasteiger partial charge in [0.2, 0.25) is 0 Å². The van der Waals surface area contributed by atoms with E-state index < -0.39 is 18.2 Å². The second-order valence-corrected chi connectivity index (χ2v) is 5.62. The minimum absolute atomic E-state index is 0.0583. The molecule has 3 N–H and O–H groups in total. The van der Waals surface area contributed by atoms with Crippen molar-refractivity contribution in [2.24, 2.45) is 0 Å². The minimum atomic E-state index is -0.614.